The van der Waals surface area contributed by atoms with Crippen LogP contribution in [0.4, 0.5) is 0 Å². The molecule has 23 heavy (non-hydrogen) atoms. The molecule has 2 heterocycles. The van der Waals surface area contributed by atoms with Gasteiger partial charge in [-0.3, -0.25) is 0 Å². The van der Waals surface area contributed by atoms with Crippen molar-refractivity contribution in [2.45, 2.75) is 5.92 Å². The van der Waals surface area contributed by atoms with E-state index >= 15 is 0 Å². The van der Waals surface area contributed by atoms with Gasteiger partial charge in [-0.25, -0.2) is 0 Å². The number of nitrogens with zero attached hydrogens (tertiary/aromatic N) is 4. The molecule has 0 aromatic carbocycles. The molecule has 114 valence electrons. The Morgan fingerprint density at radius 3 is 2.65 bits per heavy atom. The number of nitriles is 3. The standard InChI is InChI=1S/C17H15N5S/c1-22-4-2-12-13(6-18)16(21)17(9-19,10-20)15(14(12)7-22)11-3-5-23-8-11/h2-3,5,8,14-15H,4,7,21H2,1H3/t14-,15+/m0/s1. The van der Waals surface area contributed by atoms with Crippen LogP contribution in [0.25, 0.3) is 0 Å². The average Bonchev–Trinajstić information content (AvgIpc) is 3.08. The zero-order valence-corrected chi connectivity index (χ0v) is 13.5. The Bertz CT molecular complexity index is 799. The highest BCUT2D eigenvalue weighted by molar-refractivity contribution is 7.08. The summed E-state index contributed by atoms with van der Waals surface area (Å²) in [6.07, 6.45) is 2.00. The molecule has 1 aromatic rings. The highest BCUT2D eigenvalue weighted by atomic mass is 32.1. The minimum atomic E-state index is -1.51. The summed E-state index contributed by atoms with van der Waals surface area (Å²) in [5.41, 5.74) is 6.89. The Labute approximate surface area is 139 Å². The first-order chi connectivity index (χ1) is 11.1. The van der Waals surface area contributed by atoms with Crippen molar-refractivity contribution in [1.29, 1.82) is 15.8 Å². The number of likely N-dealkylation sites (N-methyl/N-ethyl adjacent to an activating group) is 1. The van der Waals surface area contributed by atoms with Gasteiger partial charge >= 0.3 is 0 Å². The predicted octanol–water partition coefficient (Wildman–Crippen LogP) is 2.10. The molecular weight excluding hydrogens is 306 g/mol. The molecule has 0 unspecified atom stereocenters. The summed E-state index contributed by atoms with van der Waals surface area (Å²) in [5.74, 6) is -0.459. The largest absolute Gasteiger partial charge is 0.399 e. The first-order valence-corrected chi connectivity index (χ1v) is 8.17. The first-order valence-electron chi connectivity index (χ1n) is 7.23. The van der Waals surface area contributed by atoms with Crippen molar-refractivity contribution in [2.24, 2.45) is 17.1 Å². The Morgan fingerprint density at radius 1 is 1.35 bits per heavy atom. The lowest BCUT2D eigenvalue weighted by Crippen LogP contribution is -2.47. The van der Waals surface area contributed by atoms with Crippen molar-refractivity contribution in [3.8, 4) is 18.2 Å². The third-order valence-corrected chi connectivity index (χ3v) is 5.45. The Hall–Kier alpha value is -2.59. The molecule has 0 bridgehead atoms. The van der Waals surface area contributed by atoms with Crippen LogP contribution in [0.2, 0.25) is 0 Å². The van der Waals surface area contributed by atoms with Crippen molar-refractivity contribution < 1.29 is 0 Å². The van der Waals surface area contributed by atoms with E-state index in [1.165, 1.54) is 11.3 Å². The van der Waals surface area contributed by atoms with E-state index in [1.807, 2.05) is 30.0 Å². The lowest BCUT2D eigenvalue weighted by Gasteiger charge is -2.44. The summed E-state index contributed by atoms with van der Waals surface area (Å²) in [6, 6.07) is 8.33. The van der Waals surface area contributed by atoms with Gasteiger partial charge < -0.3 is 10.6 Å². The average molecular weight is 321 g/mol. The fraction of sp³-hybridized carbons (Fsp3) is 0.353. The molecule has 1 aromatic heterocycles. The van der Waals surface area contributed by atoms with Crippen LogP contribution in [0.5, 0.6) is 0 Å². The smallest absolute Gasteiger partial charge is 0.191 e. The van der Waals surface area contributed by atoms with Gasteiger partial charge in [0.25, 0.3) is 0 Å². The molecule has 0 spiro atoms. The van der Waals surface area contributed by atoms with Crippen LogP contribution in [0.15, 0.2) is 39.7 Å². The van der Waals surface area contributed by atoms with Crippen molar-refractivity contribution in [3.05, 3.63) is 45.3 Å². The Kier molecular flexibility index (Phi) is 3.70. The topological polar surface area (TPSA) is 101 Å². The monoisotopic (exact) mass is 321 g/mol. The Morgan fingerprint density at radius 2 is 2.09 bits per heavy atom. The third-order valence-electron chi connectivity index (χ3n) is 4.75. The van der Waals surface area contributed by atoms with E-state index < -0.39 is 5.41 Å². The van der Waals surface area contributed by atoms with Gasteiger partial charge in [-0.1, -0.05) is 6.08 Å². The zero-order valence-electron chi connectivity index (χ0n) is 12.7. The number of thiophene rings is 1. The molecule has 6 heteroatoms. The normalized spacial score (nSPS) is 26.4. The van der Waals surface area contributed by atoms with Crippen LogP contribution < -0.4 is 5.73 Å². The molecule has 2 N–H and O–H groups in total. The number of hydrogen-bond acceptors (Lipinski definition) is 6. The zero-order chi connectivity index (χ0) is 16.6. The van der Waals surface area contributed by atoms with Gasteiger partial charge in [0.1, 0.15) is 6.07 Å². The van der Waals surface area contributed by atoms with Gasteiger partial charge in [-0.05, 0) is 35.0 Å². The van der Waals surface area contributed by atoms with Gasteiger partial charge in [0.05, 0.1) is 23.4 Å². The molecule has 0 radical (unpaired) electrons. The molecule has 0 amide bonds. The number of allylic oxidation sites excluding steroid dienone is 2. The summed E-state index contributed by atoms with van der Waals surface area (Å²) in [6.45, 7) is 1.42. The lowest BCUT2D eigenvalue weighted by molar-refractivity contribution is 0.238. The molecular formula is C17H15N5S. The van der Waals surface area contributed by atoms with Crippen LogP contribution in [0.3, 0.4) is 0 Å². The summed E-state index contributed by atoms with van der Waals surface area (Å²) < 4.78 is 0. The van der Waals surface area contributed by atoms with Gasteiger partial charge in [0.15, 0.2) is 5.41 Å². The fourth-order valence-electron chi connectivity index (χ4n) is 3.65. The maximum atomic E-state index is 9.82. The number of fused-ring (bicyclic) bond motifs is 1. The molecule has 0 saturated carbocycles. The van der Waals surface area contributed by atoms with E-state index in [0.717, 1.165) is 17.7 Å². The van der Waals surface area contributed by atoms with Crippen LogP contribution in [0.1, 0.15) is 11.5 Å². The summed E-state index contributed by atoms with van der Waals surface area (Å²) in [5, 5.41) is 33.1. The van der Waals surface area contributed by atoms with Crippen molar-refractivity contribution >= 4 is 11.3 Å². The van der Waals surface area contributed by atoms with Crippen LogP contribution in [-0.2, 0) is 0 Å². The number of nitrogens with two attached hydrogens (primary N) is 1. The van der Waals surface area contributed by atoms with Gasteiger partial charge in [0.2, 0.25) is 0 Å². The van der Waals surface area contributed by atoms with Crippen molar-refractivity contribution in [2.75, 3.05) is 20.1 Å². The van der Waals surface area contributed by atoms with Crippen LogP contribution in [0, 0.1) is 45.3 Å². The third kappa shape index (κ3) is 2.06. The van der Waals surface area contributed by atoms with Crippen LogP contribution in [-0.4, -0.2) is 25.0 Å². The minimum absolute atomic E-state index is 0.0910. The summed E-state index contributed by atoms with van der Waals surface area (Å²) >= 11 is 1.53. The molecule has 3 rings (SSSR count). The SMILES string of the molecule is CN1CC=C2C(C#N)=C(N)C(C#N)(C#N)[C@H](c3ccsc3)[C@H]2C1. The maximum absolute atomic E-state index is 9.82. The maximum Gasteiger partial charge on any atom is 0.191 e. The van der Waals surface area contributed by atoms with E-state index in [9.17, 15) is 15.8 Å². The van der Waals surface area contributed by atoms with Crippen LogP contribution >= 0.6 is 11.3 Å². The van der Waals surface area contributed by atoms with Crippen molar-refractivity contribution in [3.63, 3.8) is 0 Å². The van der Waals surface area contributed by atoms with E-state index in [2.05, 4.69) is 23.1 Å². The quantitative estimate of drug-likeness (QED) is 0.853. The highest BCUT2D eigenvalue weighted by Gasteiger charge is 2.54. The first kappa shape index (κ1) is 15.3. The fourth-order valence-corrected chi connectivity index (χ4v) is 4.35. The number of rotatable bonds is 1. The molecule has 0 saturated heterocycles. The van der Waals surface area contributed by atoms with E-state index in [1.54, 1.807) is 0 Å². The molecule has 2 aliphatic rings. The van der Waals surface area contributed by atoms with Crippen molar-refractivity contribution in [1.82, 2.24) is 4.90 Å². The second-order valence-electron chi connectivity index (χ2n) is 5.95. The molecule has 0 fully saturated rings. The second kappa shape index (κ2) is 5.56. The second-order valence-corrected chi connectivity index (χ2v) is 6.73. The molecule has 5 nitrogen and oxygen atoms in total. The highest BCUT2D eigenvalue weighted by Crippen LogP contribution is 2.54. The van der Waals surface area contributed by atoms with Gasteiger partial charge in [-0.2, -0.15) is 27.1 Å². The summed E-state index contributed by atoms with van der Waals surface area (Å²) in [4.78, 5) is 2.13. The lowest BCUT2D eigenvalue weighted by atomic mass is 9.58. The minimum Gasteiger partial charge on any atom is -0.399 e. The number of hydrogen-bond donors (Lipinski definition) is 1. The van der Waals surface area contributed by atoms with E-state index in [4.69, 9.17) is 5.73 Å². The predicted molar refractivity (Wildman–Crippen MR) is 86.6 cm³/mol. The molecule has 1 aliphatic heterocycles. The van der Waals surface area contributed by atoms with Gasteiger partial charge in [0, 0.05) is 24.9 Å². The Balaban J connectivity index is 2.33. The summed E-state index contributed by atoms with van der Waals surface area (Å²) in [7, 11) is 1.99. The molecule has 2 atom stereocenters. The van der Waals surface area contributed by atoms with E-state index in [-0.39, 0.29) is 17.5 Å². The van der Waals surface area contributed by atoms with Gasteiger partial charge in [-0.15, -0.1) is 0 Å². The molecule has 1 aliphatic carbocycles. The van der Waals surface area contributed by atoms with E-state index in [0.29, 0.717) is 12.1 Å².